The predicted octanol–water partition coefficient (Wildman–Crippen LogP) is 13.4. The van der Waals surface area contributed by atoms with E-state index in [1.807, 2.05) is 18.2 Å². The van der Waals surface area contributed by atoms with Gasteiger partial charge in [0.15, 0.2) is 0 Å². The van der Waals surface area contributed by atoms with Crippen LogP contribution in [0.2, 0.25) is 0 Å². The van der Waals surface area contributed by atoms with Crippen LogP contribution >= 0.6 is 6.60 Å². The fraction of sp³-hybridized carbons (Fsp3) is 0.833. The maximum atomic E-state index is 2.64. The number of hydrogen-bond donors (Lipinski definition) is 0. The van der Waals surface area contributed by atoms with Gasteiger partial charge in [0, 0.05) is 0 Å². The van der Waals surface area contributed by atoms with Gasteiger partial charge in [-0.05, 0) is 30.6 Å². The topological polar surface area (TPSA) is 0 Å². The summed E-state index contributed by atoms with van der Waals surface area (Å²) < 4.78 is 0. The molecule has 0 amide bonds. The molecule has 37 heavy (non-hydrogen) atoms. The zero-order valence-electron chi connectivity index (χ0n) is 30.5. The largest absolute Gasteiger partial charge is 0.0622 e. The third-order valence-corrected chi connectivity index (χ3v) is 17.9. The first-order chi connectivity index (χ1) is 16.4. The summed E-state index contributed by atoms with van der Waals surface area (Å²) in [4.78, 5) is 0. The van der Waals surface area contributed by atoms with Gasteiger partial charge >= 0.3 is 91.3 Å². The van der Waals surface area contributed by atoms with E-state index >= 15 is 0 Å². The van der Waals surface area contributed by atoms with Crippen LogP contribution in [0, 0.1) is 30.6 Å². The average molecular weight is 543 g/mol. The van der Waals surface area contributed by atoms with Gasteiger partial charge in [-0.3, -0.25) is 0 Å². The molecule has 1 rings (SSSR count). The Bertz CT molecular complexity index is 483. The molecule has 0 heterocycles. The van der Waals surface area contributed by atoms with E-state index in [1.54, 1.807) is 0 Å². The van der Waals surface area contributed by atoms with Crippen LogP contribution in [0.4, 0.5) is 0 Å². The van der Waals surface area contributed by atoms with Gasteiger partial charge in [-0.25, -0.2) is 0 Å². The van der Waals surface area contributed by atoms with E-state index in [9.17, 15) is 0 Å². The molecule has 0 aromatic heterocycles. The molecule has 0 spiro atoms. The summed E-state index contributed by atoms with van der Waals surface area (Å²) in [5.41, 5.74) is 4.71. The van der Waals surface area contributed by atoms with Gasteiger partial charge in [0.1, 0.15) is 0 Å². The van der Waals surface area contributed by atoms with Crippen molar-refractivity contribution in [3.8, 4) is 0 Å². The van der Waals surface area contributed by atoms with Crippen LogP contribution in [-0.4, -0.2) is 29.3 Å². The molecule has 0 aliphatic heterocycles. The average Bonchev–Trinajstić information content (AvgIpc) is 2.65. The molecule has 1 aromatic rings. The minimum atomic E-state index is -1.59. The van der Waals surface area contributed by atoms with E-state index in [0.717, 1.165) is 46.3 Å². The molecule has 0 saturated heterocycles. The summed E-state index contributed by atoms with van der Waals surface area (Å²) >= 11 is 0. The molecule has 1 aromatic carbocycles. The molecule has 0 unspecified atom stereocenters. The van der Waals surface area contributed by atoms with Gasteiger partial charge < -0.3 is 0 Å². The second-order valence-electron chi connectivity index (χ2n) is 14.9. The van der Waals surface area contributed by atoms with Crippen molar-refractivity contribution in [3.63, 3.8) is 0 Å². The van der Waals surface area contributed by atoms with Gasteiger partial charge in [0.25, 0.3) is 0 Å². The molecule has 1 heteroatoms. The van der Waals surface area contributed by atoms with Crippen LogP contribution in [0.5, 0.6) is 0 Å². The SMILES string of the molecule is CC(C)C.CC(C)C.CC(C)C.CC(C)C.CC(C)P(C)(C(C)C)(C(C)C)C(C)C.Cc1ccccc1. The zero-order valence-corrected chi connectivity index (χ0v) is 31.3. The summed E-state index contributed by atoms with van der Waals surface area (Å²) in [6.45, 7) is 48.7. The molecular weight excluding hydrogens is 463 g/mol. The first-order valence-electron chi connectivity index (χ1n) is 15.4. The summed E-state index contributed by atoms with van der Waals surface area (Å²) in [7, 11) is 0. The van der Waals surface area contributed by atoms with Gasteiger partial charge in [0.2, 0.25) is 0 Å². The Labute approximate surface area is 240 Å². The van der Waals surface area contributed by atoms with E-state index in [0.29, 0.717) is 0 Å². The molecule has 228 valence electrons. The molecule has 0 radical (unpaired) electrons. The van der Waals surface area contributed by atoms with Gasteiger partial charge in [-0.2, -0.15) is 0 Å². The summed E-state index contributed by atoms with van der Waals surface area (Å²) in [5, 5.41) is 0. The summed E-state index contributed by atoms with van der Waals surface area (Å²) in [6, 6.07) is 10.3. The van der Waals surface area contributed by atoms with Crippen LogP contribution in [0.15, 0.2) is 30.3 Å². The quantitative estimate of drug-likeness (QED) is 0.332. The Kier molecular flexibility index (Phi) is 31.0. The number of aryl methyl sites for hydroxylation is 1. The summed E-state index contributed by atoms with van der Waals surface area (Å²) in [6.07, 6.45) is 0. The fourth-order valence-corrected chi connectivity index (χ4v) is 11.3. The maximum Gasteiger partial charge on any atom is -0.0398 e. The summed E-state index contributed by atoms with van der Waals surface area (Å²) in [5.74, 6) is 3.33. The number of hydrogen-bond acceptors (Lipinski definition) is 0. The second-order valence-corrected chi connectivity index (χ2v) is 22.9. The smallest absolute Gasteiger partial charge is 0.0398 e. The minimum Gasteiger partial charge on any atom is -0.0622 e. The van der Waals surface area contributed by atoms with Crippen LogP contribution in [0.3, 0.4) is 0 Å². The van der Waals surface area contributed by atoms with Crippen LogP contribution < -0.4 is 0 Å². The van der Waals surface area contributed by atoms with E-state index in [1.165, 1.54) is 5.56 Å². The van der Waals surface area contributed by atoms with Crippen molar-refractivity contribution < 1.29 is 0 Å². The monoisotopic (exact) mass is 543 g/mol. The predicted molar refractivity (Wildman–Crippen MR) is 187 cm³/mol. The Morgan fingerprint density at radius 3 is 0.595 bits per heavy atom. The minimum absolute atomic E-state index is 0.833. The third kappa shape index (κ3) is 25.7. The third-order valence-electron chi connectivity index (χ3n) is 6.58. The molecule has 0 N–H and O–H groups in total. The van der Waals surface area contributed by atoms with Crippen molar-refractivity contribution in [1.82, 2.24) is 0 Å². The van der Waals surface area contributed by atoms with Crippen molar-refractivity contribution >= 4 is 6.60 Å². The Morgan fingerprint density at radius 1 is 0.378 bits per heavy atom. The molecule has 0 atom stereocenters. The Morgan fingerprint density at radius 2 is 0.541 bits per heavy atom. The Hall–Kier alpha value is -0.350. The molecular formula is C36H79P. The first kappa shape index (κ1) is 46.5. The van der Waals surface area contributed by atoms with E-state index < -0.39 is 6.60 Å². The van der Waals surface area contributed by atoms with Gasteiger partial charge in [-0.15, -0.1) is 0 Å². The molecule has 0 fully saturated rings. The van der Waals surface area contributed by atoms with Crippen molar-refractivity contribution in [2.45, 2.75) is 168 Å². The molecule has 0 bridgehead atoms. The fourth-order valence-electron chi connectivity index (χ4n) is 4.11. The normalized spacial score (nSPS) is 11.9. The van der Waals surface area contributed by atoms with Crippen molar-refractivity contribution in [2.75, 3.05) is 6.66 Å². The van der Waals surface area contributed by atoms with Crippen molar-refractivity contribution in [1.29, 1.82) is 0 Å². The molecule has 0 aliphatic carbocycles. The van der Waals surface area contributed by atoms with E-state index in [-0.39, 0.29) is 0 Å². The second kappa shape index (κ2) is 24.7. The van der Waals surface area contributed by atoms with Crippen molar-refractivity contribution in [3.05, 3.63) is 35.9 Å². The molecule has 0 saturated carbocycles. The first-order valence-corrected chi connectivity index (χ1v) is 18.4. The number of rotatable bonds is 4. The Balaban J connectivity index is -0.000000124. The van der Waals surface area contributed by atoms with Crippen molar-refractivity contribution in [2.24, 2.45) is 23.7 Å². The van der Waals surface area contributed by atoms with Gasteiger partial charge in [0.05, 0.1) is 0 Å². The van der Waals surface area contributed by atoms with Gasteiger partial charge in [-0.1, -0.05) is 119 Å². The van der Waals surface area contributed by atoms with Crippen LogP contribution in [0.25, 0.3) is 0 Å². The van der Waals surface area contributed by atoms with Crippen LogP contribution in [0.1, 0.15) is 144 Å². The standard InChI is InChI=1S/C13H31P.C7H8.4C4H10/c1-10(2)14(9,11(3)4,12(5)6)13(7)8;1-7-5-3-2-4-6-7;4*1-4(2)3/h10-13H,1-9H3;2-6H,1H3;4*4H,1-3H3. The zero-order chi connectivity index (χ0) is 31.2. The van der Waals surface area contributed by atoms with Crippen LogP contribution in [-0.2, 0) is 0 Å². The van der Waals surface area contributed by atoms with E-state index in [2.05, 4.69) is 164 Å². The van der Waals surface area contributed by atoms with E-state index in [4.69, 9.17) is 0 Å². The maximum absolute atomic E-state index is 2.64. The molecule has 0 aliphatic rings. The number of benzene rings is 1. The molecule has 0 nitrogen and oxygen atoms in total.